The topological polar surface area (TPSA) is 74.7 Å². The van der Waals surface area contributed by atoms with Gasteiger partial charge in [0.2, 0.25) is 5.91 Å². The van der Waals surface area contributed by atoms with E-state index in [1.807, 2.05) is 13.8 Å². The van der Waals surface area contributed by atoms with Crippen molar-refractivity contribution in [3.8, 4) is 0 Å². The minimum absolute atomic E-state index is 0.00460. The van der Waals surface area contributed by atoms with Crippen LogP contribution in [0.1, 0.15) is 46.0 Å². The maximum absolute atomic E-state index is 12.3. The van der Waals surface area contributed by atoms with Gasteiger partial charge in [0.25, 0.3) is 0 Å². The van der Waals surface area contributed by atoms with Gasteiger partial charge >= 0.3 is 0 Å². The van der Waals surface area contributed by atoms with Crippen molar-refractivity contribution in [2.24, 2.45) is 5.41 Å². The van der Waals surface area contributed by atoms with Crippen LogP contribution in [0.3, 0.4) is 0 Å². The summed E-state index contributed by atoms with van der Waals surface area (Å²) in [5, 5.41) is 10.1. The Kier molecular flexibility index (Phi) is 5.09. The standard InChI is InChI=1S/C15H23NO4/c1-5-7-10(17)13-11(18)8-15(6-2,9-12(13)19)14(20)16(3)4/h18H,5-9H2,1-4H3. The highest BCUT2D eigenvalue weighted by molar-refractivity contribution is 6.21. The van der Waals surface area contributed by atoms with Crippen LogP contribution in [0, 0.1) is 5.41 Å². The van der Waals surface area contributed by atoms with Gasteiger partial charge in [0.15, 0.2) is 11.6 Å². The molecule has 5 heteroatoms. The average Bonchev–Trinajstić information content (AvgIpc) is 2.36. The molecule has 1 rings (SSSR count). The van der Waals surface area contributed by atoms with Gasteiger partial charge < -0.3 is 10.0 Å². The van der Waals surface area contributed by atoms with Gasteiger partial charge in [0.05, 0.1) is 11.0 Å². The Morgan fingerprint density at radius 2 is 1.85 bits per heavy atom. The molecule has 0 saturated carbocycles. The predicted octanol–water partition coefficient (Wildman–Crippen LogP) is 2.02. The fourth-order valence-electron chi connectivity index (χ4n) is 2.72. The van der Waals surface area contributed by atoms with Crippen molar-refractivity contribution in [2.45, 2.75) is 46.0 Å². The van der Waals surface area contributed by atoms with Gasteiger partial charge in [-0.25, -0.2) is 0 Å². The number of Topliss-reactive ketones (excluding diaryl/α,β-unsaturated/α-hetero) is 2. The summed E-state index contributed by atoms with van der Waals surface area (Å²) in [6, 6.07) is 0. The first kappa shape index (κ1) is 16.4. The zero-order chi connectivity index (χ0) is 15.5. The molecule has 0 fully saturated rings. The maximum atomic E-state index is 12.3. The van der Waals surface area contributed by atoms with Gasteiger partial charge in [-0.2, -0.15) is 0 Å². The summed E-state index contributed by atoms with van der Waals surface area (Å²) < 4.78 is 0. The van der Waals surface area contributed by atoms with Crippen molar-refractivity contribution in [1.29, 1.82) is 0 Å². The van der Waals surface area contributed by atoms with Crippen molar-refractivity contribution in [2.75, 3.05) is 14.1 Å². The molecule has 1 aliphatic rings. The maximum Gasteiger partial charge on any atom is 0.229 e. The van der Waals surface area contributed by atoms with E-state index in [4.69, 9.17) is 0 Å². The fourth-order valence-corrected chi connectivity index (χ4v) is 2.72. The summed E-state index contributed by atoms with van der Waals surface area (Å²) >= 11 is 0. The molecule has 1 aliphatic carbocycles. The van der Waals surface area contributed by atoms with Crippen LogP contribution < -0.4 is 0 Å². The zero-order valence-corrected chi connectivity index (χ0v) is 12.7. The van der Waals surface area contributed by atoms with Gasteiger partial charge in [0.1, 0.15) is 5.76 Å². The quantitative estimate of drug-likeness (QED) is 0.782. The van der Waals surface area contributed by atoms with Crippen LogP contribution in [0.25, 0.3) is 0 Å². The van der Waals surface area contributed by atoms with Crippen LogP contribution in [-0.2, 0) is 14.4 Å². The van der Waals surface area contributed by atoms with Crippen LogP contribution in [0.5, 0.6) is 0 Å². The van der Waals surface area contributed by atoms with E-state index in [0.717, 1.165) is 0 Å². The van der Waals surface area contributed by atoms with E-state index < -0.39 is 11.2 Å². The van der Waals surface area contributed by atoms with Gasteiger partial charge in [0, 0.05) is 33.4 Å². The van der Waals surface area contributed by atoms with Gasteiger partial charge in [-0.05, 0) is 12.8 Å². The third-order valence-corrected chi connectivity index (χ3v) is 3.86. The third-order valence-electron chi connectivity index (χ3n) is 3.86. The number of aliphatic hydroxyl groups excluding tert-OH is 1. The minimum atomic E-state index is -0.916. The highest BCUT2D eigenvalue weighted by atomic mass is 16.3. The van der Waals surface area contributed by atoms with Crippen LogP contribution in [0.4, 0.5) is 0 Å². The van der Waals surface area contributed by atoms with Crippen molar-refractivity contribution in [3.05, 3.63) is 11.3 Å². The second-order valence-electron chi connectivity index (χ2n) is 5.61. The van der Waals surface area contributed by atoms with Crippen molar-refractivity contribution >= 4 is 17.5 Å². The van der Waals surface area contributed by atoms with Gasteiger partial charge in [-0.15, -0.1) is 0 Å². The summed E-state index contributed by atoms with van der Waals surface area (Å²) in [5.74, 6) is -1.14. The number of rotatable bonds is 5. The Balaban J connectivity index is 3.16. The number of ketones is 2. The molecular formula is C15H23NO4. The molecule has 20 heavy (non-hydrogen) atoms. The molecule has 0 heterocycles. The monoisotopic (exact) mass is 281 g/mol. The largest absolute Gasteiger partial charge is 0.511 e. The van der Waals surface area contributed by atoms with Crippen LogP contribution in [0.15, 0.2) is 11.3 Å². The van der Waals surface area contributed by atoms with Crippen molar-refractivity contribution in [3.63, 3.8) is 0 Å². The number of carbonyl (C=O) groups excluding carboxylic acids is 3. The van der Waals surface area contributed by atoms with E-state index in [0.29, 0.717) is 12.8 Å². The molecule has 0 radical (unpaired) electrons. The molecule has 1 amide bonds. The molecule has 1 atom stereocenters. The molecule has 0 aromatic rings. The summed E-state index contributed by atoms with van der Waals surface area (Å²) in [5.41, 5.74) is -1.01. The summed E-state index contributed by atoms with van der Waals surface area (Å²) in [4.78, 5) is 37.8. The smallest absolute Gasteiger partial charge is 0.229 e. The summed E-state index contributed by atoms with van der Waals surface area (Å²) in [6.45, 7) is 3.66. The average molecular weight is 281 g/mol. The van der Waals surface area contributed by atoms with Crippen molar-refractivity contribution < 1.29 is 19.5 Å². The Labute approximate surface area is 119 Å². The molecule has 112 valence electrons. The second kappa shape index (κ2) is 6.20. The molecule has 5 nitrogen and oxygen atoms in total. The van der Waals surface area contributed by atoms with Crippen LogP contribution in [0.2, 0.25) is 0 Å². The zero-order valence-electron chi connectivity index (χ0n) is 12.7. The van der Waals surface area contributed by atoms with Gasteiger partial charge in [-0.3, -0.25) is 14.4 Å². The van der Waals surface area contributed by atoms with E-state index in [-0.39, 0.29) is 42.3 Å². The van der Waals surface area contributed by atoms with E-state index >= 15 is 0 Å². The normalized spacial score (nSPS) is 22.9. The van der Waals surface area contributed by atoms with E-state index in [9.17, 15) is 19.5 Å². The summed E-state index contributed by atoms with van der Waals surface area (Å²) in [6.07, 6.45) is 1.38. The molecule has 1 unspecified atom stereocenters. The lowest BCUT2D eigenvalue weighted by molar-refractivity contribution is -0.144. The number of nitrogens with zero attached hydrogens (tertiary/aromatic N) is 1. The molecular weight excluding hydrogens is 258 g/mol. The predicted molar refractivity (Wildman–Crippen MR) is 75.2 cm³/mol. The van der Waals surface area contributed by atoms with E-state index in [2.05, 4.69) is 0 Å². The number of amides is 1. The van der Waals surface area contributed by atoms with Crippen molar-refractivity contribution in [1.82, 2.24) is 4.90 Å². The van der Waals surface area contributed by atoms with Gasteiger partial charge in [-0.1, -0.05) is 13.8 Å². The lowest BCUT2D eigenvalue weighted by Gasteiger charge is -2.36. The van der Waals surface area contributed by atoms with E-state index in [1.165, 1.54) is 4.90 Å². The first-order valence-corrected chi connectivity index (χ1v) is 6.99. The highest BCUT2D eigenvalue weighted by Gasteiger charge is 2.46. The molecule has 0 spiro atoms. The van der Waals surface area contributed by atoms with E-state index in [1.54, 1.807) is 14.1 Å². The number of hydrogen-bond donors (Lipinski definition) is 1. The Hall–Kier alpha value is -1.65. The lowest BCUT2D eigenvalue weighted by atomic mass is 9.70. The second-order valence-corrected chi connectivity index (χ2v) is 5.61. The third kappa shape index (κ3) is 2.92. The Morgan fingerprint density at radius 3 is 2.25 bits per heavy atom. The highest BCUT2D eigenvalue weighted by Crippen LogP contribution is 2.41. The van der Waals surface area contributed by atoms with Crippen LogP contribution >= 0.6 is 0 Å². The molecule has 0 aliphatic heterocycles. The number of allylic oxidation sites excluding steroid dienone is 2. The van der Waals surface area contributed by atoms with Crippen LogP contribution in [-0.4, -0.2) is 41.6 Å². The fraction of sp³-hybridized carbons (Fsp3) is 0.667. The molecule has 0 bridgehead atoms. The number of aliphatic hydroxyl groups is 1. The number of carbonyl (C=O) groups is 3. The Bertz CT molecular complexity index is 464. The minimum Gasteiger partial charge on any atom is -0.511 e. The Morgan fingerprint density at radius 1 is 1.25 bits per heavy atom. The first-order valence-electron chi connectivity index (χ1n) is 6.99. The lowest BCUT2D eigenvalue weighted by Crippen LogP contribution is -2.44. The number of hydrogen-bond acceptors (Lipinski definition) is 4. The first-order chi connectivity index (χ1) is 9.29. The molecule has 0 aromatic carbocycles. The SMILES string of the molecule is CCCC(=O)C1=C(O)CC(CC)(C(=O)N(C)C)CC1=O. The summed E-state index contributed by atoms with van der Waals surface area (Å²) in [7, 11) is 3.26. The molecule has 0 aromatic heterocycles. The molecule has 0 saturated heterocycles. The molecule has 1 N–H and O–H groups in total.